The van der Waals surface area contributed by atoms with Crippen molar-refractivity contribution >= 4 is 11.8 Å². The predicted octanol–water partition coefficient (Wildman–Crippen LogP) is 1.89. The molecule has 0 radical (unpaired) electrons. The van der Waals surface area contributed by atoms with Crippen LogP contribution in [-0.4, -0.2) is 31.6 Å². The molecule has 1 aliphatic rings. The molecule has 0 saturated carbocycles. The van der Waals surface area contributed by atoms with E-state index in [1.807, 2.05) is 24.3 Å². The Balaban J connectivity index is 1.40. The molecule has 0 aliphatic carbocycles. The molecule has 2 aromatic rings. The maximum Gasteiger partial charge on any atom is 0.251 e. The number of carbonyl (C=O) groups excluding carboxylic acids is 2. The Hall–Kier alpha value is -3.02. The quantitative estimate of drug-likeness (QED) is 0.842. The summed E-state index contributed by atoms with van der Waals surface area (Å²) in [7, 11) is 0. The molecule has 6 nitrogen and oxygen atoms in total. The fourth-order valence-electron chi connectivity index (χ4n) is 2.47. The molecular weight excluding hydrogens is 320 g/mol. The highest BCUT2D eigenvalue weighted by Gasteiger charge is 2.12. The Morgan fingerprint density at radius 3 is 2.48 bits per heavy atom. The second-order valence-electron chi connectivity index (χ2n) is 5.63. The number of hydrogen-bond donors (Lipinski definition) is 2. The molecule has 0 fully saturated rings. The van der Waals surface area contributed by atoms with Crippen molar-refractivity contribution in [3.05, 3.63) is 59.7 Å². The molecule has 0 aromatic heterocycles. The third-order valence-corrected chi connectivity index (χ3v) is 3.77. The van der Waals surface area contributed by atoms with Crippen LogP contribution in [0.2, 0.25) is 0 Å². The number of rotatable bonds is 6. The molecule has 0 unspecified atom stereocenters. The maximum atomic E-state index is 11.9. The third-order valence-electron chi connectivity index (χ3n) is 3.77. The zero-order valence-corrected chi connectivity index (χ0v) is 13.8. The third kappa shape index (κ3) is 4.73. The van der Waals surface area contributed by atoms with Crippen LogP contribution in [-0.2, 0) is 11.3 Å². The largest absolute Gasteiger partial charge is 0.486 e. The van der Waals surface area contributed by atoms with Crippen molar-refractivity contribution in [2.24, 2.45) is 0 Å². The van der Waals surface area contributed by atoms with Crippen molar-refractivity contribution in [2.75, 3.05) is 19.8 Å². The van der Waals surface area contributed by atoms with Crippen molar-refractivity contribution in [1.82, 2.24) is 10.6 Å². The lowest BCUT2D eigenvalue weighted by molar-refractivity contribution is -0.121. The van der Waals surface area contributed by atoms with Gasteiger partial charge in [-0.3, -0.25) is 9.59 Å². The first kappa shape index (κ1) is 16.8. The summed E-state index contributed by atoms with van der Waals surface area (Å²) >= 11 is 0. The number of ether oxygens (including phenoxy) is 2. The van der Waals surface area contributed by atoms with Crippen LogP contribution >= 0.6 is 0 Å². The van der Waals surface area contributed by atoms with Crippen molar-refractivity contribution in [2.45, 2.75) is 13.0 Å². The average molecular weight is 340 g/mol. The highest BCUT2D eigenvalue weighted by molar-refractivity contribution is 5.94. The van der Waals surface area contributed by atoms with Gasteiger partial charge in [0.25, 0.3) is 5.91 Å². The lowest BCUT2D eigenvalue weighted by atomic mass is 10.2. The lowest BCUT2D eigenvalue weighted by Crippen LogP contribution is -2.30. The molecule has 2 amide bonds. The number of benzene rings is 2. The lowest BCUT2D eigenvalue weighted by Gasteiger charge is -2.19. The molecule has 25 heavy (non-hydrogen) atoms. The van der Waals surface area contributed by atoms with Gasteiger partial charge in [-0.05, 0) is 29.8 Å². The van der Waals surface area contributed by atoms with Gasteiger partial charge in [0.1, 0.15) is 13.2 Å². The molecule has 1 aliphatic heterocycles. The van der Waals surface area contributed by atoms with Gasteiger partial charge in [-0.2, -0.15) is 0 Å². The van der Waals surface area contributed by atoms with Gasteiger partial charge in [0, 0.05) is 25.1 Å². The number of fused-ring (bicyclic) bond motifs is 1. The van der Waals surface area contributed by atoms with Crippen LogP contribution in [0.25, 0.3) is 0 Å². The Morgan fingerprint density at radius 2 is 1.68 bits per heavy atom. The minimum Gasteiger partial charge on any atom is -0.486 e. The zero-order valence-electron chi connectivity index (χ0n) is 13.8. The number of hydrogen-bond acceptors (Lipinski definition) is 4. The number of carbonyl (C=O) groups is 2. The van der Waals surface area contributed by atoms with E-state index < -0.39 is 0 Å². The van der Waals surface area contributed by atoms with Crippen LogP contribution in [0.15, 0.2) is 48.5 Å². The molecule has 130 valence electrons. The zero-order chi connectivity index (χ0) is 17.5. The Bertz CT molecular complexity index is 746. The Morgan fingerprint density at radius 1 is 0.920 bits per heavy atom. The summed E-state index contributed by atoms with van der Waals surface area (Å²) in [5.74, 6) is 1.13. The van der Waals surface area contributed by atoms with Gasteiger partial charge in [0.15, 0.2) is 11.5 Å². The van der Waals surface area contributed by atoms with E-state index in [1.54, 1.807) is 24.3 Å². The Labute approximate surface area is 146 Å². The SMILES string of the molecule is O=C(CCNC(=O)c1ccccc1)NCc1ccc2c(c1)OCCO2. The summed E-state index contributed by atoms with van der Waals surface area (Å²) in [6.45, 7) is 1.78. The van der Waals surface area contributed by atoms with E-state index >= 15 is 0 Å². The summed E-state index contributed by atoms with van der Waals surface area (Å²) in [6, 6.07) is 14.5. The second kappa shape index (κ2) is 8.19. The number of amides is 2. The van der Waals surface area contributed by atoms with E-state index in [-0.39, 0.29) is 18.2 Å². The summed E-state index contributed by atoms with van der Waals surface area (Å²) in [4.78, 5) is 23.8. The van der Waals surface area contributed by atoms with Crippen LogP contribution in [0.3, 0.4) is 0 Å². The average Bonchev–Trinajstić information content (AvgIpc) is 2.67. The first-order valence-corrected chi connectivity index (χ1v) is 8.21. The molecule has 2 N–H and O–H groups in total. The molecule has 0 atom stereocenters. The molecule has 0 bridgehead atoms. The second-order valence-corrected chi connectivity index (χ2v) is 5.63. The standard InChI is InChI=1S/C19H20N2O4/c22-18(8-9-20-19(23)15-4-2-1-3-5-15)21-13-14-6-7-16-17(12-14)25-11-10-24-16/h1-7,12H,8-11,13H2,(H,20,23)(H,21,22). The van der Waals surface area contributed by atoms with Gasteiger partial charge in [0.05, 0.1) is 0 Å². The van der Waals surface area contributed by atoms with Crippen molar-refractivity contribution in [3.8, 4) is 11.5 Å². The predicted molar refractivity (Wildman–Crippen MR) is 92.7 cm³/mol. The van der Waals surface area contributed by atoms with E-state index in [2.05, 4.69) is 10.6 Å². The normalized spacial score (nSPS) is 12.3. The van der Waals surface area contributed by atoms with Crippen LogP contribution < -0.4 is 20.1 Å². The molecule has 1 heterocycles. The van der Waals surface area contributed by atoms with E-state index in [0.29, 0.717) is 37.6 Å². The summed E-state index contributed by atoms with van der Waals surface area (Å²) in [5.41, 5.74) is 1.52. The molecular formula is C19H20N2O4. The molecule has 6 heteroatoms. The Kier molecular flexibility index (Phi) is 5.51. The number of nitrogens with one attached hydrogen (secondary N) is 2. The minimum absolute atomic E-state index is 0.122. The van der Waals surface area contributed by atoms with Crippen LogP contribution in [0.1, 0.15) is 22.3 Å². The molecule has 0 saturated heterocycles. The van der Waals surface area contributed by atoms with Gasteiger partial charge >= 0.3 is 0 Å². The van der Waals surface area contributed by atoms with Crippen LogP contribution in [0, 0.1) is 0 Å². The topological polar surface area (TPSA) is 76.7 Å². The molecule has 2 aromatic carbocycles. The molecule has 3 rings (SSSR count). The highest BCUT2D eigenvalue weighted by Crippen LogP contribution is 2.30. The highest BCUT2D eigenvalue weighted by atomic mass is 16.6. The first-order chi connectivity index (χ1) is 12.2. The van der Waals surface area contributed by atoms with Gasteiger partial charge < -0.3 is 20.1 Å². The van der Waals surface area contributed by atoms with Crippen molar-refractivity contribution in [3.63, 3.8) is 0 Å². The monoisotopic (exact) mass is 340 g/mol. The van der Waals surface area contributed by atoms with Gasteiger partial charge in [0.2, 0.25) is 5.91 Å². The maximum absolute atomic E-state index is 11.9. The van der Waals surface area contributed by atoms with Gasteiger partial charge in [-0.25, -0.2) is 0 Å². The smallest absolute Gasteiger partial charge is 0.251 e. The fourth-order valence-corrected chi connectivity index (χ4v) is 2.47. The van der Waals surface area contributed by atoms with Crippen molar-refractivity contribution in [1.29, 1.82) is 0 Å². The van der Waals surface area contributed by atoms with E-state index in [9.17, 15) is 9.59 Å². The van der Waals surface area contributed by atoms with E-state index in [0.717, 1.165) is 11.3 Å². The molecule has 0 spiro atoms. The summed E-state index contributed by atoms with van der Waals surface area (Å²) in [6.07, 6.45) is 0.225. The van der Waals surface area contributed by atoms with Crippen LogP contribution in [0.4, 0.5) is 0 Å². The summed E-state index contributed by atoms with van der Waals surface area (Å²) < 4.78 is 11.0. The minimum atomic E-state index is -0.180. The van der Waals surface area contributed by atoms with Gasteiger partial charge in [-0.1, -0.05) is 24.3 Å². The fraction of sp³-hybridized carbons (Fsp3) is 0.263. The van der Waals surface area contributed by atoms with Gasteiger partial charge in [-0.15, -0.1) is 0 Å². The van der Waals surface area contributed by atoms with Crippen LogP contribution in [0.5, 0.6) is 11.5 Å². The summed E-state index contributed by atoms with van der Waals surface area (Å²) in [5, 5.41) is 5.57. The van der Waals surface area contributed by atoms with E-state index in [4.69, 9.17) is 9.47 Å². The first-order valence-electron chi connectivity index (χ1n) is 8.21. The van der Waals surface area contributed by atoms with E-state index in [1.165, 1.54) is 0 Å². The van der Waals surface area contributed by atoms with Crippen molar-refractivity contribution < 1.29 is 19.1 Å².